The Labute approximate surface area is 165 Å². The van der Waals surface area contributed by atoms with Crippen LogP contribution in [-0.4, -0.2) is 26.5 Å². The number of amides is 1. The maximum atomic E-state index is 12.9. The summed E-state index contributed by atoms with van der Waals surface area (Å²) in [4.78, 5) is 27.8. The number of nitrogens with zero attached hydrogens (tertiary/aromatic N) is 2. The molecule has 0 aliphatic heterocycles. The zero-order valence-electron chi connectivity index (χ0n) is 14.8. The number of para-hydroxylation sites is 1. The number of fused-ring (bicyclic) bond motifs is 1. The number of hydrogen-bond donors (Lipinski definition) is 2. The number of carboxylic acid groups (broad SMARTS) is 1. The van der Waals surface area contributed by atoms with Crippen molar-refractivity contribution >= 4 is 39.2 Å². The van der Waals surface area contributed by atoms with Crippen LogP contribution < -0.4 is 5.32 Å². The monoisotopic (exact) mass is 391 g/mol. The van der Waals surface area contributed by atoms with Crippen LogP contribution >= 0.6 is 11.3 Å². The van der Waals surface area contributed by atoms with Gasteiger partial charge in [0.15, 0.2) is 5.13 Å². The predicted molar refractivity (Wildman–Crippen MR) is 109 cm³/mol. The standard InChI is InChI=1S/C21H17N3O3S/c25-19(26)10-15-13-28-21(22-15)23-20(27)17-12-24(11-14-6-2-1-3-7-14)18-9-5-4-8-16(17)18/h1-9,12-13H,10-11H2,(H,25,26)(H,22,23,27). The molecule has 0 atom stereocenters. The van der Waals surface area contributed by atoms with E-state index in [1.165, 1.54) is 11.3 Å². The first-order valence-electron chi connectivity index (χ1n) is 8.69. The number of carbonyl (C=O) groups excluding carboxylic acids is 1. The van der Waals surface area contributed by atoms with Crippen molar-refractivity contribution in [1.82, 2.24) is 9.55 Å². The molecule has 2 N–H and O–H groups in total. The minimum absolute atomic E-state index is 0.164. The second kappa shape index (κ2) is 7.66. The molecule has 4 aromatic rings. The van der Waals surface area contributed by atoms with Gasteiger partial charge in [0.1, 0.15) is 0 Å². The third-order valence-electron chi connectivity index (χ3n) is 4.33. The molecule has 0 spiro atoms. The highest BCUT2D eigenvalue weighted by atomic mass is 32.1. The van der Waals surface area contributed by atoms with Gasteiger partial charge in [-0.1, -0.05) is 48.5 Å². The molecule has 0 saturated carbocycles. The van der Waals surface area contributed by atoms with E-state index in [1.807, 2.05) is 60.8 Å². The van der Waals surface area contributed by atoms with Crippen molar-refractivity contribution in [2.24, 2.45) is 0 Å². The number of rotatable bonds is 6. The Bertz CT molecular complexity index is 1150. The summed E-state index contributed by atoms with van der Waals surface area (Å²) < 4.78 is 2.05. The van der Waals surface area contributed by atoms with Crippen molar-refractivity contribution < 1.29 is 14.7 Å². The van der Waals surface area contributed by atoms with Gasteiger partial charge in [-0.15, -0.1) is 11.3 Å². The summed E-state index contributed by atoms with van der Waals surface area (Å²) in [6.45, 7) is 0.661. The van der Waals surface area contributed by atoms with Crippen LogP contribution in [0.25, 0.3) is 10.9 Å². The molecule has 7 heteroatoms. The van der Waals surface area contributed by atoms with Gasteiger partial charge in [-0.2, -0.15) is 0 Å². The number of aromatic nitrogens is 2. The number of anilines is 1. The van der Waals surface area contributed by atoms with Gasteiger partial charge in [0.2, 0.25) is 0 Å². The van der Waals surface area contributed by atoms with Gasteiger partial charge in [-0.25, -0.2) is 4.98 Å². The molecule has 0 saturated heterocycles. The number of thiazole rings is 1. The average Bonchev–Trinajstić information content (AvgIpc) is 3.27. The number of aliphatic carboxylic acids is 1. The normalized spacial score (nSPS) is 10.9. The van der Waals surface area contributed by atoms with E-state index in [0.717, 1.165) is 16.5 Å². The van der Waals surface area contributed by atoms with Crippen molar-refractivity contribution in [2.45, 2.75) is 13.0 Å². The highest BCUT2D eigenvalue weighted by Crippen LogP contribution is 2.24. The topological polar surface area (TPSA) is 84.2 Å². The zero-order valence-corrected chi connectivity index (χ0v) is 15.6. The molecule has 0 bridgehead atoms. The first-order valence-corrected chi connectivity index (χ1v) is 9.57. The fraction of sp³-hybridized carbons (Fsp3) is 0.0952. The molecule has 2 aromatic carbocycles. The maximum absolute atomic E-state index is 12.9. The molecule has 0 fully saturated rings. The quantitative estimate of drug-likeness (QED) is 0.520. The van der Waals surface area contributed by atoms with E-state index in [1.54, 1.807) is 5.38 Å². The van der Waals surface area contributed by atoms with Crippen LogP contribution in [0.15, 0.2) is 66.2 Å². The third kappa shape index (κ3) is 3.79. The Hall–Kier alpha value is -3.45. The smallest absolute Gasteiger partial charge is 0.309 e. The molecule has 0 radical (unpaired) electrons. The van der Waals surface area contributed by atoms with Crippen LogP contribution in [-0.2, 0) is 17.8 Å². The van der Waals surface area contributed by atoms with Gasteiger partial charge in [0.05, 0.1) is 17.7 Å². The largest absolute Gasteiger partial charge is 0.481 e. The highest BCUT2D eigenvalue weighted by molar-refractivity contribution is 7.14. The average molecular weight is 391 g/mol. The van der Waals surface area contributed by atoms with E-state index in [4.69, 9.17) is 5.11 Å². The first kappa shape index (κ1) is 17.9. The van der Waals surface area contributed by atoms with Crippen LogP contribution in [0, 0.1) is 0 Å². The Morgan fingerprint density at radius 1 is 1.07 bits per heavy atom. The summed E-state index contributed by atoms with van der Waals surface area (Å²) in [5.41, 5.74) is 3.11. The molecule has 0 unspecified atom stereocenters. The highest BCUT2D eigenvalue weighted by Gasteiger charge is 2.17. The van der Waals surface area contributed by atoms with Gasteiger partial charge in [0, 0.05) is 29.0 Å². The van der Waals surface area contributed by atoms with Crippen molar-refractivity contribution in [1.29, 1.82) is 0 Å². The molecular formula is C21H17N3O3S. The van der Waals surface area contributed by atoms with Gasteiger partial charge in [0.25, 0.3) is 5.91 Å². The number of carboxylic acids is 1. The van der Waals surface area contributed by atoms with Crippen LogP contribution in [0.1, 0.15) is 21.6 Å². The zero-order chi connectivity index (χ0) is 19.5. The van der Waals surface area contributed by atoms with Crippen molar-refractivity contribution in [2.75, 3.05) is 5.32 Å². The summed E-state index contributed by atoms with van der Waals surface area (Å²) in [5, 5.41) is 14.5. The SMILES string of the molecule is O=C(O)Cc1csc(NC(=O)c2cn(Cc3ccccc3)c3ccccc23)n1. The lowest BCUT2D eigenvalue weighted by Crippen LogP contribution is -2.11. The van der Waals surface area contributed by atoms with Crippen molar-refractivity contribution in [3.63, 3.8) is 0 Å². The van der Waals surface area contributed by atoms with Crippen LogP contribution in [0.2, 0.25) is 0 Å². The first-order chi connectivity index (χ1) is 13.6. The van der Waals surface area contributed by atoms with Gasteiger partial charge in [-0.05, 0) is 11.6 Å². The van der Waals surface area contributed by atoms with E-state index < -0.39 is 5.97 Å². The van der Waals surface area contributed by atoms with Crippen LogP contribution in [0.5, 0.6) is 0 Å². The van der Waals surface area contributed by atoms with Gasteiger partial charge in [-0.3, -0.25) is 14.9 Å². The van der Waals surface area contributed by atoms with Crippen molar-refractivity contribution in [3.05, 3.63) is 83.0 Å². The number of benzene rings is 2. The minimum atomic E-state index is -0.952. The van der Waals surface area contributed by atoms with Crippen LogP contribution in [0.3, 0.4) is 0 Å². The fourth-order valence-electron chi connectivity index (χ4n) is 3.10. The van der Waals surface area contributed by atoms with Crippen molar-refractivity contribution in [3.8, 4) is 0 Å². The summed E-state index contributed by atoms with van der Waals surface area (Å²) in [7, 11) is 0. The Balaban J connectivity index is 1.62. The maximum Gasteiger partial charge on any atom is 0.309 e. The summed E-state index contributed by atoms with van der Waals surface area (Å²) >= 11 is 1.22. The Morgan fingerprint density at radius 3 is 2.61 bits per heavy atom. The fourth-order valence-corrected chi connectivity index (χ4v) is 3.81. The van der Waals surface area contributed by atoms with E-state index in [2.05, 4.69) is 14.9 Å². The summed E-state index contributed by atoms with van der Waals surface area (Å²) in [6, 6.07) is 17.8. The predicted octanol–water partition coefficient (Wildman–Crippen LogP) is 4.03. The summed E-state index contributed by atoms with van der Waals surface area (Å²) in [5.74, 6) is -1.22. The lowest BCUT2D eigenvalue weighted by atomic mass is 10.1. The molecule has 4 rings (SSSR count). The molecule has 0 aliphatic carbocycles. The molecule has 1 amide bonds. The minimum Gasteiger partial charge on any atom is -0.481 e. The summed E-state index contributed by atoms with van der Waals surface area (Å²) in [6.07, 6.45) is 1.68. The van der Waals surface area contributed by atoms with E-state index in [9.17, 15) is 9.59 Å². The molecule has 140 valence electrons. The number of nitrogens with one attached hydrogen (secondary N) is 1. The van der Waals surface area contributed by atoms with E-state index >= 15 is 0 Å². The Morgan fingerprint density at radius 2 is 1.82 bits per heavy atom. The Kier molecular flexibility index (Phi) is 4.90. The number of carbonyl (C=O) groups is 2. The van der Waals surface area contributed by atoms with E-state index in [-0.39, 0.29) is 12.3 Å². The lowest BCUT2D eigenvalue weighted by molar-refractivity contribution is -0.136. The molecule has 2 aromatic heterocycles. The van der Waals surface area contributed by atoms with Gasteiger partial charge < -0.3 is 9.67 Å². The van der Waals surface area contributed by atoms with Crippen LogP contribution in [0.4, 0.5) is 5.13 Å². The van der Waals surface area contributed by atoms with Gasteiger partial charge >= 0.3 is 5.97 Å². The third-order valence-corrected chi connectivity index (χ3v) is 5.14. The second-order valence-corrected chi connectivity index (χ2v) is 7.20. The second-order valence-electron chi connectivity index (χ2n) is 6.34. The molecule has 6 nitrogen and oxygen atoms in total. The molecular weight excluding hydrogens is 374 g/mol. The molecule has 2 heterocycles. The molecule has 28 heavy (non-hydrogen) atoms. The number of hydrogen-bond acceptors (Lipinski definition) is 4. The lowest BCUT2D eigenvalue weighted by Gasteiger charge is -2.05. The molecule has 0 aliphatic rings. The van der Waals surface area contributed by atoms with E-state index in [0.29, 0.717) is 22.9 Å².